The number of carbonyl (C=O) groups excluding carboxylic acids is 1. The summed E-state index contributed by atoms with van der Waals surface area (Å²) in [6.07, 6.45) is 0.912. The number of phenolic OH excluding ortho intramolecular Hbond substituents is 1. The molecule has 2 unspecified atom stereocenters. The van der Waals surface area contributed by atoms with Gasteiger partial charge in [-0.05, 0) is 91.3 Å². The molecule has 2 saturated heterocycles. The van der Waals surface area contributed by atoms with Crippen molar-refractivity contribution in [1.82, 2.24) is 13.9 Å². The third-order valence-electron chi connectivity index (χ3n) is 6.98. The summed E-state index contributed by atoms with van der Waals surface area (Å²) in [7, 11) is -3.62. The van der Waals surface area contributed by atoms with Crippen LogP contribution in [0.15, 0.2) is 12.1 Å². The van der Waals surface area contributed by atoms with Gasteiger partial charge in [-0.2, -0.15) is 0 Å². The molecule has 2 aliphatic rings. The summed E-state index contributed by atoms with van der Waals surface area (Å²) >= 11 is 4.96. The number of hydrogen-bond acceptors (Lipinski definition) is 7. The van der Waals surface area contributed by atoms with E-state index in [2.05, 4.69) is 4.72 Å². The van der Waals surface area contributed by atoms with Crippen LogP contribution in [0.5, 0.6) is 5.75 Å². The Morgan fingerprint density at radius 3 is 2.32 bits per heavy atom. The quantitative estimate of drug-likeness (QED) is 0.467. The predicted octanol–water partition coefficient (Wildman–Crippen LogP) is 4.50. The number of hydrogen-bond donors (Lipinski definition) is 2. The van der Waals surface area contributed by atoms with Crippen LogP contribution in [0.4, 0.5) is 4.79 Å². The second kappa shape index (κ2) is 11.7. The molecule has 1 amide bonds. The van der Waals surface area contributed by atoms with Crippen molar-refractivity contribution in [1.29, 1.82) is 0 Å². The number of piperidine rings is 1. The molecular weight excluding hydrogens is 550 g/mol. The Labute approximate surface area is 235 Å². The number of aromatic hydroxyl groups is 1. The van der Waals surface area contributed by atoms with Crippen LogP contribution in [0.1, 0.15) is 78.0 Å². The fourth-order valence-electron chi connectivity index (χ4n) is 4.77. The average molecular weight is 592 g/mol. The lowest BCUT2D eigenvalue weighted by molar-refractivity contribution is 0.0295. The standard InChI is InChI=1S/C26H42ClN3O6S2/c1-17-14-22(31)20(15-21(17)27)23(28-37(33)26(5,6)7)18-8-12-30(13-9-18)38(34,35)19-10-11-29(16-19)24(32)36-25(2,3)4/h14-15,18-19,23,28,31H,8-13,16H2,1-7H3/t19?,23-,37?/m1/s1. The van der Waals surface area contributed by atoms with Crippen molar-refractivity contribution in [2.24, 2.45) is 5.92 Å². The van der Waals surface area contributed by atoms with E-state index in [-0.39, 0.29) is 18.2 Å². The summed E-state index contributed by atoms with van der Waals surface area (Å²) in [6.45, 7) is 13.8. The number of aryl methyl sites for hydroxylation is 1. The van der Waals surface area contributed by atoms with E-state index in [4.69, 9.17) is 16.3 Å². The van der Waals surface area contributed by atoms with E-state index in [1.165, 1.54) is 9.21 Å². The van der Waals surface area contributed by atoms with Crippen molar-refractivity contribution < 1.29 is 27.6 Å². The van der Waals surface area contributed by atoms with Crippen molar-refractivity contribution in [2.45, 2.75) is 89.4 Å². The molecular formula is C26H42ClN3O6S2. The van der Waals surface area contributed by atoms with Gasteiger partial charge >= 0.3 is 6.09 Å². The number of sulfonamides is 1. The largest absolute Gasteiger partial charge is 0.598 e. The third kappa shape index (κ3) is 7.48. The van der Waals surface area contributed by atoms with Crippen LogP contribution in [0.25, 0.3) is 0 Å². The van der Waals surface area contributed by atoms with E-state index in [0.717, 1.165) is 5.56 Å². The molecule has 2 aliphatic heterocycles. The molecule has 2 fully saturated rings. The molecule has 38 heavy (non-hydrogen) atoms. The maximum absolute atomic E-state index is 13.5. The van der Waals surface area contributed by atoms with E-state index in [1.54, 1.807) is 39.8 Å². The molecule has 0 saturated carbocycles. The second-order valence-electron chi connectivity index (χ2n) is 12.3. The number of ether oxygens (including phenoxy) is 1. The van der Waals surface area contributed by atoms with Gasteiger partial charge in [0.1, 0.15) is 16.1 Å². The first-order valence-electron chi connectivity index (χ1n) is 13.0. The fraction of sp³-hybridized carbons (Fsp3) is 0.731. The third-order valence-corrected chi connectivity index (χ3v) is 11.3. The molecule has 0 radical (unpaired) electrons. The summed E-state index contributed by atoms with van der Waals surface area (Å²) < 4.78 is 49.6. The van der Waals surface area contributed by atoms with Crippen LogP contribution in [0, 0.1) is 12.8 Å². The molecule has 12 heteroatoms. The van der Waals surface area contributed by atoms with Crippen molar-refractivity contribution in [3.63, 3.8) is 0 Å². The van der Waals surface area contributed by atoms with Crippen molar-refractivity contribution >= 4 is 39.1 Å². The van der Waals surface area contributed by atoms with E-state index in [0.29, 0.717) is 49.5 Å². The van der Waals surface area contributed by atoms with Gasteiger partial charge in [0.15, 0.2) is 0 Å². The molecule has 3 atom stereocenters. The van der Waals surface area contributed by atoms with Gasteiger partial charge in [-0.3, -0.25) is 0 Å². The minimum absolute atomic E-state index is 0.0681. The molecule has 3 rings (SSSR count). The van der Waals surface area contributed by atoms with Gasteiger partial charge in [-0.1, -0.05) is 11.6 Å². The lowest BCUT2D eigenvalue weighted by atomic mass is 9.86. The summed E-state index contributed by atoms with van der Waals surface area (Å²) in [5, 5.41) is 10.6. The van der Waals surface area contributed by atoms with Gasteiger partial charge in [0, 0.05) is 48.1 Å². The normalized spacial score (nSPS) is 21.9. The summed E-state index contributed by atoms with van der Waals surface area (Å²) in [4.78, 5) is 13.9. The van der Waals surface area contributed by atoms with E-state index in [1.807, 2.05) is 20.8 Å². The Hall–Kier alpha value is -1.24. The van der Waals surface area contributed by atoms with E-state index < -0.39 is 49.1 Å². The minimum Gasteiger partial charge on any atom is -0.598 e. The van der Waals surface area contributed by atoms with Crippen LogP contribution in [-0.2, 0) is 26.1 Å². The van der Waals surface area contributed by atoms with Gasteiger partial charge in [0.25, 0.3) is 0 Å². The number of phenols is 1. The molecule has 2 N–H and O–H groups in total. The molecule has 216 valence electrons. The van der Waals surface area contributed by atoms with E-state index >= 15 is 0 Å². The molecule has 9 nitrogen and oxygen atoms in total. The second-order valence-corrected chi connectivity index (χ2v) is 16.9. The van der Waals surface area contributed by atoms with Crippen molar-refractivity contribution in [3.05, 3.63) is 28.3 Å². The zero-order chi connectivity index (χ0) is 28.6. The SMILES string of the molecule is Cc1cc(O)c([C@H](N[S+]([O-])C(C)(C)C)C2CCN(S(=O)(=O)C3CCN(C(=O)OC(C)(C)C)C3)CC2)cc1Cl. The first-order valence-corrected chi connectivity index (χ1v) is 16.1. The topological polar surface area (TPSA) is 122 Å². The lowest BCUT2D eigenvalue weighted by Gasteiger charge is -2.38. The highest BCUT2D eigenvalue weighted by Crippen LogP contribution is 2.39. The van der Waals surface area contributed by atoms with Gasteiger partial charge < -0.3 is 19.3 Å². The highest BCUT2D eigenvalue weighted by molar-refractivity contribution is 7.90. The lowest BCUT2D eigenvalue weighted by Crippen LogP contribution is -2.48. The summed E-state index contributed by atoms with van der Waals surface area (Å²) in [5.41, 5.74) is 0.651. The Kier molecular flexibility index (Phi) is 9.64. The molecule has 0 aromatic heterocycles. The maximum atomic E-state index is 13.5. The van der Waals surface area contributed by atoms with Gasteiger partial charge in [0.2, 0.25) is 10.0 Å². The van der Waals surface area contributed by atoms with Crippen LogP contribution in [0.2, 0.25) is 5.02 Å². The van der Waals surface area contributed by atoms with E-state index in [9.17, 15) is 22.9 Å². The monoisotopic (exact) mass is 591 g/mol. The molecule has 1 aromatic carbocycles. The Balaban J connectivity index is 1.73. The number of rotatable bonds is 6. The number of nitrogens with zero attached hydrogens (tertiary/aromatic N) is 2. The maximum Gasteiger partial charge on any atom is 0.410 e. The zero-order valence-corrected chi connectivity index (χ0v) is 25.8. The smallest absolute Gasteiger partial charge is 0.410 e. The first kappa shape index (κ1) is 31.3. The van der Waals surface area contributed by atoms with Crippen LogP contribution >= 0.6 is 11.6 Å². The van der Waals surface area contributed by atoms with Crippen molar-refractivity contribution in [3.8, 4) is 5.75 Å². The predicted molar refractivity (Wildman–Crippen MR) is 151 cm³/mol. The molecule has 1 aromatic rings. The molecule has 0 spiro atoms. The van der Waals surface area contributed by atoms with Crippen LogP contribution in [-0.4, -0.2) is 75.2 Å². The van der Waals surface area contributed by atoms with Gasteiger partial charge in [0.05, 0.1) is 11.3 Å². The average Bonchev–Trinajstić information content (AvgIpc) is 3.30. The highest BCUT2D eigenvalue weighted by atomic mass is 35.5. The highest BCUT2D eigenvalue weighted by Gasteiger charge is 2.43. The number of likely N-dealkylation sites (tertiary alicyclic amines) is 1. The Morgan fingerprint density at radius 2 is 1.76 bits per heavy atom. The van der Waals surface area contributed by atoms with Crippen molar-refractivity contribution in [2.75, 3.05) is 26.2 Å². The number of benzene rings is 1. The first-order chi connectivity index (χ1) is 17.4. The molecule has 2 heterocycles. The Bertz CT molecular complexity index is 1110. The number of nitrogens with one attached hydrogen (secondary N) is 1. The van der Waals surface area contributed by atoms with Crippen LogP contribution in [0.3, 0.4) is 0 Å². The number of carbonyl (C=O) groups is 1. The number of amides is 1. The molecule has 0 aliphatic carbocycles. The van der Waals surface area contributed by atoms with Gasteiger partial charge in [-0.15, -0.1) is 4.72 Å². The van der Waals surface area contributed by atoms with Crippen LogP contribution < -0.4 is 4.72 Å². The zero-order valence-electron chi connectivity index (χ0n) is 23.4. The summed E-state index contributed by atoms with van der Waals surface area (Å²) in [5.74, 6) is -0.00203. The number of halogens is 1. The summed E-state index contributed by atoms with van der Waals surface area (Å²) in [6, 6.07) is 2.84. The minimum atomic E-state index is -3.62. The molecule has 0 bridgehead atoms. The fourth-order valence-corrected chi connectivity index (χ4v) is 7.76. The van der Waals surface area contributed by atoms with Gasteiger partial charge in [-0.25, -0.2) is 17.5 Å². The Morgan fingerprint density at radius 1 is 1.16 bits per heavy atom.